The Morgan fingerprint density at radius 1 is 1.33 bits per heavy atom. The molecule has 1 N–H and O–H groups in total. The number of fused-ring (bicyclic) bond motifs is 1. The summed E-state index contributed by atoms with van der Waals surface area (Å²) in [5.41, 5.74) is 4.93. The summed E-state index contributed by atoms with van der Waals surface area (Å²) in [6.07, 6.45) is 3.10. The van der Waals surface area contributed by atoms with E-state index in [9.17, 15) is 4.79 Å². The lowest BCUT2D eigenvalue weighted by Gasteiger charge is -2.33. The molecule has 3 rings (SSSR count). The summed E-state index contributed by atoms with van der Waals surface area (Å²) in [7, 11) is 2.12. The molecule has 5 heteroatoms. The van der Waals surface area contributed by atoms with Gasteiger partial charge in [0.1, 0.15) is 0 Å². The largest absolute Gasteiger partial charge is 0.353 e. The number of amides is 1. The number of benzene rings is 2. The van der Waals surface area contributed by atoms with Crippen LogP contribution in [-0.4, -0.2) is 30.9 Å². The first-order valence-electron chi connectivity index (χ1n) is 9.13. The van der Waals surface area contributed by atoms with Crippen molar-refractivity contribution in [1.82, 2.24) is 10.2 Å². The number of carbonyl (C=O) groups is 1. The number of aryl methyl sites for hydroxylation is 1. The fraction of sp³-hybridized carbons (Fsp3) is 0.318. The molecule has 2 aromatic rings. The lowest BCUT2D eigenvalue weighted by atomic mass is 9.84. The highest BCUT2D eigenvalue weighted by Gasteiger charge is 2.27. The van der Waals surface area contributed by atoms with Gasteiger partial charge in [0.05, 0.1) is 0 Å². The SMILES string of the molecule is C=CC(=O)NCCCc1cccc(C2CN(C)Cc3c(Cl)cc(Cl)cc32)c1. The first-order valence-corrected chi connectivity index (χ1v) is 9.89. The molecule has 0 spiro atoms. The summed E-state index contributed by atoms with van der Waals surface area (Å²) in [4.78, 5) is 13.5. The molecule has 1 unspecified atom stereocenters. The number of halogens is 2. The average molecular weight is 403 g/mol. The van der Waals surface area contributed by atoms with E-state index in [-0.39, 0.29) is 11.8 Å². The van der Waals surface area contributed by atoms with Gasteiger partial charge in [-0.05, 0) is 60.4 Å². The smallest absolute Gasteiger partial charge is 0.243 e. The fourth-order valence-corrected chi connectivity index (χ4v) is 4.24. The van der Waals surface area contributed by atoms with Crippen molar-refractivity contribution in [2.45, 2.75) is 25.3 Å². The quantitative estimate of drug-likeness (QED) is 0.555. The molecule has 1 aliphatic heterocycles. The van der Waals surface area contributed by atoms with Crippen LogP contribution in [0.25, 0.3) is 0 Å². The Balaban J connectivity index is 1.79. The van der Waals surface area contributed by atoms with Crippen LogP contribution in [0.5, 0.6) is 0 Å². The monoisotopic (exact) mass is 402 g/mol. The van der Waals surface area contributed by atoms with Crippen molar-refractivity contribution in [1.29, 1.82) is 0 Å². The van der Waals surface area contributed by atoms with Crippen LogP contribution in [0.4, 0.5) is 0 Å². The molecule has 0 aromatic heterocycles. The van der Waals surface area contributed by atoms with Crippen molar-refractivity contribution in [3.63, 3.8) is 0 Å². The molecule has 27 heavy (non-hydrogen) atoms. The zero-order valence-electron chi connectivity index (χ0n) is 15.5. The molecule has 142 valence electrons. The third-order valence-corrected chi connectivity index (χ3v) is 5.53. The van der Waals surface area contributed by atoms with Crippen molar-refractivity contribution < 1.29 is 4.79 Å². The van der Waals surface area contributed by atoms with Gasteiger partial charge in [-0.2, -0.15) is 0 Å². The van der Waals surface area contributed by atoms with Gasteiger partial charge in [-0.1, -0.05) is 54.0 Å². The number of hydrogen-bond donors (Lipinski definition) is 1. The molecule has 0 radical (unpaired) electrons. The summed E-state index contributed by atoms with van der Waals surface area (Å²) in [5.74, 6) is 0.120. The van der Waals surface area contributed by atoms with Crippen molar-refractivity contribution in [2.75, 3.05) is 20.1 Å². The van der Waals surface area contributed by atoms with Gasteiger partial charge in [0, 0.05) is 35.6 Å². The van der Waals surface area contributed by atoms with Crippen LogP contribution in [0.3, 0.4) is 0 Å². The second-order valence-electron chi connectivity index (χ2n) is 7.05. The molecule has 1 heterocycles. The Labute approximate surface area is 171 Å². The third kappa shape index (κ3) is 4.92. The number of rotatable bonds is 6. The standard InChI is InChI=1S/C22H24Cl2N2O/c1-3-22(27)25-9-5-7-15-6-4-8-16(10-15)19-13-26(2)14-20-18(19)11-17(23)12-21(20)24/h3-4,6,8,10-12,19H,1,5,7,9,13-14H2,2H3,(H,25,27). The van der Waals surface area contributed by atoms with E-state index in [0.29, 0.717) is 11.6 Å². The van der Waals surface area contributed by atoms with Crippen LogP contribution < -0.4 is 5.32 Å². The Morgan fingerprint density at radius 3 is 2.93 bits per heavy atom. The normalized spacial score (nSPS) is 16.6. The van der Waals surface area contributed by atoms with Crippen molar-refractivity contribution in [2.24, 2.45) is 0 Å². The van der Waals surface area contributed by atoms with E-state index in [2.05, 4.69) is 54.2 Å². The summed E-state index contributed by atoms with van der Waals surface area (Å²) in [5, 5.41) is 4.24. The molecular weight excluding hydrogens is 379 g/mol. The molecule has 0 saturated carbocycles. The first kappa shape index (κ1) is 19.9. The number of likely N-dealkylation sites (N-methyl/N-ethyl adjacent to an activating group) is 1. The van der Waals surface area contributed by atoms with Gasteiger partial charge in [-0.25, -0.2) is 0 Å². The van der Waals surface area contributed by atoms with Gasteiger partial charge in [0.15, 0.2) is 0 Å². The van der Waals surface area contributed by atoms with Crippen LogP contribution in [0.2, 0.25) is 10.0 Å². The minimum absolute atomic E-state index is 0.126. The Kier molecular flexibility index (Phi) is 6.59. The number of carbonyl (C=O) groups excluding carboxylic acids is 1. The van der Waals surface area contributed by atoms with Gasteiger partial charge in [-0.15, -0.1) is 0 Å². The van der Waals surface area contributed by atoms with E-state index in [0.717, 1.165) is 36.5 Å². The lowest BCUT2D eigenvalue weighted by molar-refractivity contribution is -0.116. The predicted molar refractivity (Wildman–Crippen MR) is 113 cm³/mol. The number of nitrogens with one attached hydrogen (secondary N) is 1. The minimum atomic E-state index is -0.126. The number of hydrogen-bond acceptors (Lipinski definition) is 2. The zero-order chi connectivity index (χ0) is 19.4. The molecule has 0 fully saturated rings. The topological polar surface area (TPSA) is 32.3 Å². The van der Waals surface area contributed by atoms with E-state index >= 15 is 0 Å². The maximum atomic E-state index is 11.2. The highest BCUT2D eigenvalue weighted by Crippen LogP contribution is 2.38. The average Bonchev–Trinajstić information content (AvgIpc) is 2.65. The molecule has 1 aliphatic rings. The fourth-order valence-electron chi connectivity index (χ4n) is 3.67. The Bertz CT molecular complexity index is 850. The maximum Gasteiger partial charge on any atom is 0.243 e. The molecule has 1 amide bonds. The summed E-state index contributed by atoms with van der Waals surface area (Å²) in [6, 6.07) is 12.6. The zero-order valence-corrected chi connectivity index (χ0v) is 17.0. The van der Waals surface area contributed by atoms with E-state index in [1.165, 1.54) is 22.8 Å². The first-order chi connectivity index (χ1) is 13.0. The van der Waals surface area contributed by atoms with Crippen LogP contribution in [-0.2, 0) is 17.8 Å². The van der Waals surface area contributed by atoms with E-state index in [1.807, 2.05) is 6.07 Å². The molecule has 0 bridgehead atoms. The van der Waals surface area contributed by atoms with Crippen molar-refractivity contribution >= 4 is 29.1 Å². The second-order valence-corrected chi connectivity index (χ2v) is 7.89. The summed E-state index contributed by atoms with van der Waals surface area (Å²) >= 11 is 12.8. The van der Waals surface area contributed by atoms with Gasteiger partial charge in [0.25, 0.3) is 0 Å². The van der Waals surface area contributed by atoms with E-state index in [4.69, 9.17) is 23.2 Å². The number of nitrogens with zero attached hydrogens (tertiary/aromatic N) is 1. The van der Waals surface area contributed by atoms with Crippen LogP contribution in [0.1, 0.15) is 34.6 Å². The maximum absolute atomic E-state index is 11.2. The van der Waals surface area contributed by atoms with Crippen LogP contribution >= 0.6 is 23.2 Å². The molecule has 3 nitrogen and oxygen atoms in total. The molecule has 0 aliphatic carbocycles. The summed E-state index contributed by atoms with van der Waals surface area (Å²) in [6.45, 7) is 5.88. The van der Waals surface area contributed by atoms with Gasteiger partial charge in [0.2, 0.25) is 5.91 Å². The molecule has 2 aromatic carbocycles. The van der Waals surface area contributed by atoms with Gasteiger partial charge in [-0.3, -0.25) is 4.79 Å². The molecule has 0 saturated heterocycles. The highest BCUT2D eigenvalue weighted by molar-refractivity contribution is 6.35. The second kappa shape index (κ2) is 8.92. The summed E-state index contributed by atoms with van der Waals surface area (Å²) < 4.78 is 0. The molecule has 1 atom stereocenters. The van der Waals surface area contributed by atoms with Crippen LogP contribution in [0.15, 0.2) is 49.1 Å². The van der Waals surface area contributed by atoms with E-state index < -0.39 is 0 Å². The Morgan fingerprint density at radius 2 is 2.15 bits per heavy atom. The van der Waals surface area contributed by atoms with E-state index in [1.54, 1.807) is 0 Å². The van der Waals surface area contributed by atoms with Gasteiger partial charge < -0.3 is 10.2 Å². The van der Waals surface area contributed by atoms with Crippen molar-refractivity contribution in [3.8, 4) is 0 Å². The molecular formula is C22H24Cl2N2O. The van der Waals surface area contributed by atoms with Gasteiger partial charge >= 0.3 is 0 Å². The Hall–Kier alpha value is -1.81. The minimum Gasteiger partial charge on any atom is -0.353 e. The third-order valence-electron chi connectivity index (χ3n) is 4.97. The lowest BCUT2D eigenvalue weighted by Crippen LogP contribution is -2.31. The predicted octanol–water partition coefficient (Wildman–Crippen LogP) is 4.81. The highest BCUT2D eigenvalue weighted by atomic mass is 35.5. The van der Waals surface area contributed by atoms with Crippen molar-refractivity contribution in [3.05, 3.63) is 81.4 Å². The van der Waals surface area contributed by atoms with Crippen LogP contribution in [0, 0.1) is 0 Å².